The predicted molar refractivity (Wildman–Crippen MR) is 146 cm³/mol. The van der Waals surface area contributed by atoms with Crippen molar-refractivity contribution in [2.75, 3.05) is 0 Å². The molecule has 0 radical (unpaired) electrons. The molecule has 0 aromatic heterocycles. The minimum Gasteiger partial charge on any atom is -0.481 e. The summed E-state index contributed by atoms with van der Waals surface area (Å²) in [6.07, 6.45) is 24.0. The van der Waals surface area contributed by atoms with E-state index in [-0.39, 0.29) is 0 Å². The third-order valence-corrected chi connectivity index (χ3v) is 6.31. The molecule has 4 N–H and O–H groups in total. The van der Waals surface area contributed by atoms with Crippen LogP contribution < -0.4 is 0 Å². The standard InChI is InChI=1S/C15H28O4.C14H26O4/c16-14(17)12-10-8-6-4-2-1-3-5-7-9-11-13-15(18)19;15-13(16)11-9-7-5-3-1-2-4-6-8-10-12-14(17)18/h1-13H2,(H,16,17)(H,18,19);1-12H2,(H,15,16)(H,17,18). The molecule has 0 aromatic carbocycles. The third kappa shape index (κ3) is 41.3. The summed E-state index contributed by atoms with van der Waals surface area (Å²) in [4.78, 5) is 41.1. The normalized spacial score (nSPS) is 10.5. The largest absolute Gasteiger partial charge is 0.481 e. The lowest BCUT2D eigenvalue weighted by Gasteiger charge is -2.02. The summed E-state index contributed by atoms with van der Waals surface area (Å²) in [6.45, 7) is 0. The number of unbranched alkanes of at least 4 members (excludes halogenated alkanes) is 19. The van der Waals surface area contributed by atoms with Gasteiger partial charge in [-0.1, -0.05) is 109 Å². The van der Waals surface area contributed by atoms with Gasteiger partial charge < -0.3 is 20.4 Å². The fraction of sp³-hybridized carbons (Fsp3) is 0.862. The van der Waals surface area contributed by atoms with Gasteiger partial charge in [0.05, 0.1) is 0 Å². The van der Waals surface area contributed by atoms with E-state index < -0.39 is 23.9 Å². The maximum Gasteiger partial charge on any atom is 0.303 e. The smallest absolute Gasteiger partial charge is 0.303 e. The summed E-state index contributed by atoms with van der Waals surface area (Å²) in [5, 5.41) is 33.9. The van der Waals surface area contributed by atoms with Crippen molar-refractivity contribution >= 4 is 23.9 Å². The Balaban J connectivity index is 0. The molecule has 0 saturated carbocycles. The van der Waals surface area contributed by atoms with Crippen molar-refractivity contribution in [2.45, 2.75) is 161 Å². The van der Waals surface area contributed by atoms with E-state index in [2.05, 4.69) is 0 Å². The van der Waals surface area contributed by atoms with Crippen LogP contribution in [-0.4, -0.2) is 44.3 Å². The fourth-order valence-corrected chi connectivity index (χ4v) is 4.11. The topological polar surface area (TPSA) is 149 Å². The lowest BCUT2D eigenvalue weighted by atomic mass is 10.0. The zero-order valence-electron chi connectivity index (χ0n) is 23.1. The zero-order chi connectivity index (χ0) is 28.0. The summed E-state index contributed by atoms with van der Waals surface area (Å²) in [6, 6.07) is 0. The van der Waals surface area contributed by atoms with Gasteiger partial charge >= 0.3 is 23.9 Å². The highest BCUT2D eigenvalue weighted by molar-refractivity contribution is 5.67. The Bertz CT molecular complexity index is 514. The van der Waals surface area contributed by atoms with Crippen molar-refractivity contribution in [3.63, 3.8) is 0 Å². The van der Waals surface area contributed by atoms with Crippen LogP contribution in [0.15, 0.2) is 0 Å². The maximum absolute atomic E-state index is 10.3. The molecule has 218 valence electrons. The molecule has 0 heterocycles. The Morgan fingerprint density at radius 1 is 0.243 bits per heavy atom. The van der Waals surface area contributed by atoms with Gasteiger partial charge in [0.1, 0.15) is 0 Å². The molecule has 0 saturated heterocycles. The number of carbonyl (C=O) groups is 4. The van der Waals surface area contributed by atoms with Crippen molar-refractivity contribution in [3.05, 3.63) is 0 Å². The molecule has 0 fully saturated rings. The Morgan fingerprint density at radius 2 is 0.351 bits per heavy atom. The first-order chi connectivity index (χ1) is 17.8. The van der Waals surface area contributed by atoms with E-state index in [0.29, 0.717) is 25.7 Å². The second kappa shape index (κ2) is 30.1. The number of carboxylic acids is 4. The van der Waals surface area contributed by atoms with Crippen molar-refractivity contribution in [1.82, 2.24) is 0 Å². The minimum absolute atomic E-state index is 0.295. The van der Waals surface area contributed by atoms with Crippen LogP contribution in [0, 0.1) is 0 Å². The van der Waals surface area contributed by atoms with E-state index in [1.54, 1.807) is 0 Å². The Hall–Kier alpha value is -2.12. The van der Waals surface area contributed by atoms with Crippen molar-refractivity contribution < 1.29 is 39.6 Å². The molecule has 8 nitrogen and oxygen atoms in total. The van der Waals surface area contributed by atoms with Crippen LogP contribution >= 0.6 is 0 Å². The summed E-state index contributed by atoms with van der Waals surface area (Å²) >= 11 is 0. The van der Waals surface area contributed by atoms with Gasteiger partial charge in [-0.25, -0.2) is 0 Å². The first kappa shape index (κ1) is 37.0. The van der Waals surface area contributed by atoms with Gasteiger partial charge in [0.15, 0.2) is 0 Å². The Labute approximate surface area is 224 Å². The van der Waals surface area contributed by atoms with Gasteiger partial charge in [-0.2, -0.15) is 0 Å². The lowest BCUT2D eigenvalue weighted by molar-refractivity contribution is -0.138. The number of hydrogen-bond acceptors (Lipinski definition) is 4. The monoisotopic (exact) mass is 530 g/mol. The molecule has 0 atom stereocenters. The molecule has 0 aliphatic rings. The Kier molecular flexibility index (Phi) is 30.1. The Morgan fingerprint density at radius 3 is 0.459 bits per heavy atom. The molecular formula is C29H54O8. The molecule has 0 aliphatic carbocycles. The number of aliphatic carboxylic acids is 4. The van der Waals surface area contributed by atoms with Crippen LogP contribution in [0.1, 0.15) is 161 Å². The van der Waals surface area contributed by atoms with Crippen LogP contribution in [0.4, 0.5) is 0 Å². The number of rotatable bonds is 27. The molecule has 37 heavy (non-hydrogen) atoms. The predicted octanol–water partition coefficient (Wildman–Crippen LogP) is 8.06. The highest BCUT2D eigenvalue weighted by Gasteiger charge is 1.99. The molecule has 0 spiro atoms. The SMILES string of the molecule is O=C(O)CCCCCCCCCCCCC(=O)O.O=C(O)CCCCCCCCCCCCCC(=O)O. The van der Waals surface area contributed by atoms with Crippen LogP contribution in [-0.2, 0) is 19.2 Å². The molecule has 0 rings (SSSR count). The summed E-state index contributed by atoms with van der Waals surface area (Å²) in [5.74, 6) is -2.78. The first-order valence-electron chi connectivity index (χ1n) is 14.6. The number of carboxylic acid groups (broad SMARTS) is 4. The molecule has 0 unspecified atom stereocenters. The van der Waals surface area contributed by atoms with Gasteiger partial charge in [-0.15, -0.1) is 0 Å². The van der Waals surface area contributed by atoms with E-state index >= 15 is 0 Å². The molecule has 0 amide bonds. The molecule has 0 aliphatic heterocycles. The quantitative estimate of drug-likeness (QED) is 0.0779. The highest BCUT2D eigenvalue weighted by atomic mass is 16.4. The van der Waals surface area contributed by atoms with Gasteiger partial charge in [0.25, 0.3) is 0 Å². The highest BCUT2D eigenvalue weighted by Crippen LogP contribution is 2.13. The minimum atomic E-state index is -0.698. The van der Waals surface area contributed by atoms with Gasteiger partial charge in [-0.05, 0) is 25.7 Å². The van der Waals surface area contributed by atoms with E-state index in [0.717, 1.165) is 77.0 Å². The number of hydrogen-bond donors (Lipinski definition) is 4. The van der Waals surface area contributed by atoms with Crippen molar-refractivity contribution in [1.29, 1.82) is 0 Å². The van der Waals surface area contributed by atoms with E-state index in [9.17, 15) is 19.2 Å². The van der Waals surface area contributed by atoms with Crippen molar-refractivity contribution in [2.24, 2.45) is 0 Å². The van der Waals surface area contributed by atoms with Crippen LogP contribution in [0.5, 0.6) is 0 Å². The van der Waals surface area contributed by atoms with E-state index in [4.69, 9.17) is 20.4 Å². The van der Waals surface area contributed by atoms with Crippen LogP contribution in [0.2, 0.25) is 0 Å². The second-order valence-corrected chi connectivity index (χ2v) is 10.00. The second-order valence-electron chi connectivity index (χ2n) is 10.00. The van der Waals surface area contributed by atoms with Crippen molar-refractivity contribution in [3.8, 4) is 0 Å². The van der Waals surface area contributed by atoms with Crippen LogP contribution in [0.25, 0.3) is 0 Å². The fourth-order valence-electron chi connectivity index (χ4n) is 4.11. The average Bonchev–Trinajstić information content (AvgIpc) is 2.82. The van der Waals surface area contributed by atoms with E-state index in [1.165, 1.54) is 57.8 Å². The molecule has 0 bridgehead atoms. The van der Waals surface area contributed by atoms with Gasteiger partial charge in [-0.3, -0.25) is 19.2 Å². The van der Waals surface area contributed by atoms with E-state index in [1.807, 2.05) is 0 Å². The summed E-state index contributed by atoms with van der Waals surface area (Å²) in [5.41, 5.74) is 0. The first-order valence-corrected chi connectivity index (χ1v) is 14.6. The average molecular weight is 531 g/mol. The summed E-state index contributed by atoms with van der Waals surface area (Å²) in [7, 11) is 0. The third-order valence-electron chi connectivity index (χ3n) is 6.31. The molecule has 8 heteroatoms. The zero-order valence-corrected chi connectivity index (χ0v) is 23.1. The van der Waals surface area contributed by atoms with Gasteiger partial charge in [0.2, 0.25) is 0 Å². The molecule has 0 aromatic rings. The van der Waals surface area contributed by atoms with Gasteiger partial charge in [0, 0.05) is 25.7 Å². The molecular weight excluding hydrogens is 476 g/mol. The lowest BCUT2D eigenvalue weighted by Crippen LogP contribution is -1.93. The van der Waals surface area contributed by atoms with Crippen LogP contribution in [0.3, 0.4) is 0 Å². The summed E-state index contributed by atoms with van der Waals surface area (Å²) < 4.78 is 0. The maximum atomic E-state index is 10.3.